The molecule has 4 nitrogen and oxygen atoms in total. The van der Waals surface area contributed by atoms with Crippen LogP contribution in [0, 0.1) is 11.3 Å². The van der Waals surface area contributed by atoms with Crippen molar-refractivity contribution in [3.63, 3.8) is 0 Å². The molecule has 0 radical (unpaired) electrons. The summed E-state index contributed by atoms with van der Waals surface area (Å²) < 4.78 is 5.12. The molecule has 3 atom stereocenters. The number of aliphatic hydroxyl groups is 2. The van der Waals surface area contributed by atoms with Crippen molar-refractivity contribution in [3.05, 3.63) is 0 Å². The summed E-state index contributed by atoms with van der Waals surface area (Å²) in [6, 6.07) is 0. The molecular formula is C13H26O4. The normalized spacial score (nSPS) is 17.4. The van der Waals surface area contributed by atoms with Crippen LogP contribution in [-0.4, -0.2) is 35.0 Å². The van der Waals surface area contributed by atoms with Gasteiger partial charge in [0.1, 0.15) is 0 Å². The molecule has 0 bridgehead atoms. The van der Waals surface area contributed by atoms with Crippen molar-refractivity contribution in [2.24, 2.45) is 11.3 Å². The van der Waals surface area contributed by atoms with Gasteiger partial charge in [-0.2, -0.15) is 0 Å². The van der Waals surface area contributed by atoms with E-state index in [1.54, 1.807) is 20.8 Å². The van der Waals surface area contributed by atoms with Crippen LogP contribution in [-0.2, 0) is 9.53 Å². The van der Waals surface area contributed by atoms with Crippen LogP contribution in [0.5, 0.6) is 0 Å². The topological polar surface area (TPSA) is 66.8 Å². The molecule has 17 heavy (non-hydrogen) atoms. The largest absolute Gasteiger partial charge is 0.465 e. The van der Waals surface area contributed by atoms with E-state index < -0.39 is 17.6 Å². The highest BCUT2D eigenvalue weighted by molar-refractivity contribution is 5.75. The fourth-order valence-electron chi connectivity index (χ4n) is 1.21. The molecule has 0 aliphatic carbocycles. The van der Waals surface area contributed by atoms with Crippen LogP contribution in [0.25, 0.3) is 0 Å². The molecule has 2 N–H and O–H groups in total. The Morgan fingerprint density at radius 2 is 1.82 bits per heavy atom. The van der Waals surface area contributed by atoms with Crippen LogP contribution in [0.1, 0.15) is 47.5 Å². The Morgan fingerprint density at radius 1 is 1.29 bits per heavy atom. The highest BCUT2D eigenvalue weighted by Gasteiger charge is 2.25. The maximum atomic E-state index is 11.5. The average molecular weight is 246 g/mol. The molecule has 0 aliphatic rings. The molecule has 0 saturated heterocycles. The Hall–Kier alpha value is -0.610. The number of ether oxygens (including phenoxy) is 1. The third kappa shape index (κ3) is 6.64. The summed E-state index contributed by atoms with van der Waals surface area (Å²) in [5.41, 5.74) is -0.520. The zero-order chi connectivity index (χ0) is 13.6. The van der Waals surface area contributed by atoms with E-state index in [0.717, 1.165) is 0 Å². The summed E-state index contributed by atoms with van der Waals surface area (Å²) >= 11 is 0. The number of hydrogen-bond acceptors (Lipinski definition) is 4. The Bertz CT molecular complexity index is 232. The molecule has 0 rings (SSSR count). The van der Waals surface area contributed by atoms with E-state index >= 15 is 0 Å². The van der Waals surface area contributed by atoms with E-state index in [-0.39, 0.29) is 18.5 Å². The van der Waals surface area contributed by atoms with Gasteiger partial charge in [-0.15, -0.1) is 0 Å². The van der Waals surface area contributed by atoms with Gasteiger partial charge in [0.05, 0.1) is 24.2 Å². The lowest BCUT2D eigenvalue weighted by molar-refractivity contribution is -0.155. The van der Waals surface area contributed by atoms with Gasteiger partial charge in [-0.3, -0.25) is 4.79 Å². The van der Waals surface area contributed by atoms with Crippen molar-refractivity contribution in [1.29, 1.82) is 0 Å². The van der Waals surface area contributed by atoms with Crippen molar-refractivity contribution >= 4 is 5.97 Å². The van der Waals surface area contributed by atoms with Gasteiger partial charge in [0.15, 0.2) is 0 Å². The molecule has 0 unspecified atom stereocenters. The van der Waals surface area contributed by atoms with Crippen LogP contribution in [0.4, 0.5) is 0 Å². The van der Waals surface area contributed by atoms with Gasteiger partial charge in [-0.25, -0.2) is 0 Å². The Labute approximate surface area is 104 Å². The van der Waals surface area contributed by atoms with Crippen LogP contribution in [0.2, 0.25) is 0 Å². The number of rotatable bonds is 6. The molecule has 4 heteroatoms. The van der Waals surface area contributed by atoms with Crippen molar-refractivity contribution < 1.29 is 19.7 Å². The summed E-state index contributed by atoms with van der Waals surface area (Å²) in [5.74, 6) is -0.435. The smallest absolute Gasteiger partial charge is 0.311 e. The van der Waals surface area contributed by atoms with E-state index in [4.69, 9.17) is 4.74 Å². The predicted molar refractivity (Wildman–Crippen MR) is 66.5 cm³/mol. The molecule has 0 amide bonds. The van der Waals surface area contributed by atoms with Gasteiger partial charge in [0.2, 0.25) is 0 Å². The number of esters is 1. The Balaban J connectivity index is 4.01. The van der Waals surface area contributed by atoms with Crippen LogP contribution < -0.4 is 0 Å². The molecule has 0 aromatic carbocycles. The molecular weight excluding hydrogens is 220 g/mol. The first-order valence-electron chi connectivity index (χ1n) is 6.21. The number of aliphatic hydroxyl groups excluding tert-OH is 2. The third-order valence-electron chi connectivity index (χ3n) is 2.73. The monoisotopic (exact) mass is 246 g/mol. The first kappa shape index (κ1) is 16.4. The second kappa shape index (κ2) is 6.97. The van der Waals surface area contributed by atoms with Crippen molar-refractivity contribution in [3.8, 4) is 0 Å². The molecule has 0 fully saturated rings. The van der Waals surface area contributed by atoms with Crippen LogP contribution >= 0.6 is 0 Å². The Morgan fingerprint density at radius 3 is 2.24 bits per heavy atom. The molecule has 0 saturated carbocycles. The second-order valence-electron chi connectivity index (χ2n) is 5.69. The minimum absolute atomic E-state index is 0.164. The molecule has 102 valence electrons. The third-order valence-corrected chi connectivity index (χ3v) is 2.73. The standard InChI is InChI=1S/C13H26O4/c1-6-10(14)7-11(15)9(2)8-17-12(16)13(3,4)5/h9-11,14-15H,6-8H2,1-5H3/t9-,10+,11-/m0/s1. The van der Waals surface area contributed by atoms with Crippen LogP contribution in [0.3, 0.4) is 0 Å². The van der Waals surface area contributed by atoms with Gasteiger partial charge in [-0.05, 0) is 33.6 Å². The first-order valence-corrected chi connectivity index (χ1v) is 6.21. The lowest BCUT2D eigenvalue weighted by atomic mass is 9.96. The van der Waals surface area contributed by atoms with E-state index in [0.29, 0.717) is 12.8 Å². The summed E-state index contributed by atoms with van der Waals surface area (Å²) in [4.78, 5) is 11.5. The van der Waals surface area contributed by atoms with Gasteiger partial charge in [-0.1, -0.05) is 13.8 Å². The minimum Gasteiger partial charge on any atom is -0.465 e. The minimum atomic E-state index is -0.641. The first-order chi connectivity index (χ1) is 7.68. The van der Waals surface area contributed by atoms with Crippen molar-refractivity contribution in [1.82, 2.24) is 0 Å². The van der Waals surface area contributed by atoms with E-state index in [2.05, 4.69) is 0 Å². The quantitative estimate of drug-likeness (QED) is 0.700. The van der Waals surface area contributed by atoms with E-state index in [1.807, 2.05) is 13.8 Å². The van der Waals surface area contributed by atoms with Gasteiger partial charge < -0.3 is 14.9 Å². The zero-order valence-corrected chi connectivity index (χ0v) is 11.6. The average Bonchev–Trinajstić information content (AvgIpc) is 2.23. The van der Waals surface area contributed by atoms with Crippen molar-refractivity contribution in [2.45, 2.75) is 59.7 Å². The second-order valence-corrected chi connectivity index (χ2v) is 5.69. The van der Waals surface area contributed by atoms with Crippen LogP contribution in [0.15, 0.2) is 0 Å². The predicted octanol–water partition coefficient (Wildman–Crippen LogP) is 1.73. The maximum absolute atomic E-state index is 11.5. The number of carbonyl (C=O) groups excluding carboxylic acids is 1. The lowest BCUT2D eigenvalue weighted by Gasteiger charge is -2.23. The zero-order valence-electron chi connectivity index (χ0n) is 11.6. The fraction of sp³-hybridized carbons (Fsp3) is 0.923. The van der Waals surface area contributed by atoms with Gasteiger partial charge >= 0.3 is 5.97 Å². The highest BCUT2D eigenvalue weighted by Crippen LogP contribution is 2.17. The molecule has 0 spiro atoms. The van der Waals surface area contributed by atoms with Crippen molar-refractivity contribution in [2.75, 3.05) is 6.61 Å². The SMILES string of the molecule is CC[C@@H](O)C[C@H](O)[C@@H](C)COC(=O)C(C)(C)C. The number of hydrogen-bond donors (Lipinski definition) is 2. The van der Waals surface area contributed by atoms with E-state index in [1.165, 1.54) is 0 Å². The van der Waals surface area contributed by atoms with Gasteiger partial charge in [0.25, 0.3) is 0 Å². The van der Waals surface area contributed by atoms with E-state index in [9.17, 15) is 15.0 Å². The molecule has 0 aromatic rings. The molecule has 0 heterocycles. The summed E-state index contributed by atoms with van der Waals surface area (Å²) in [5, 5.41) is 19.2. The highest BCUT2D eigenvalue weighted by atomic mass is 16.5. The summed E-state index contributed by atoms with van der Waals surface area (Å²) in [6.45, 7) is 9.23. The Kier molecular flexibility index (Phi) is 6.72. The lowest BCUT2D eigenvalue weighted by Crippen LogP contribution is -2.30. The summed E-state index contributed by atoms with van der Waals surface area (Å²) in [6.07, 6.45) is -0.195. The molecule has 0 aliphatic heterocycles. The summed E-state index contributed by atoms with van der Waals surface area (Å²) in [7, 11) is 0. The molecule has 0 aromatic heterocycles. The maximum Gasteiger partial charge on any atom is 0.311 e. The number of carbonyl (C=O) groups is 1. The fourth-order valence-corrected chi connectivity index (χ4v) is 1.21. The van der Waals surface area contributed by atoms with Gasteiger partial charge in [0, 0.05) is 5.92 Å².